The minimum atomic E-state index is -3.62. The Morgan fingerprint density at radius 1 is 1.38 bits per heavy atom. The van der Waals surface area contributed by atoms with Gasteiger partial charge in [-0.15, -0.1) is 11.3 Å². The largest absolute Gasteiger partial charge is 0.369 e. The quantitative estimate of drug-likeness (QED) is 0.757. The van der Waals surface area contributed by atoms with Crippen LogP contribution in [0, 0.1) is 0 Å². The van der Waals surface area contributed by atoms with Gasteiger partial charge in [0.2, 0.25) is 10.0 Å². The second-order valence-corrected chi connectivity index (χ2v) is 7.53. The van der Waals surface area contributed by atoms with Gasteiger partial charge in [-0.1, -0.05) is 0 Å². The van der Waals surface area contributed by atoms with Crippen molar-refractivity contribution in [3.8, 4) is 0 Å². The average Bonchev–Trinajstić information content (AvgIpc) is 2.94. The first-order valence-electron chi connectivity index (χ1n) is 6.29. The topological polar surface area (TPSA) is 84.0 Å². The van der Waals surface area contributed by atoms with Crippen LogP contribution < -0.4 is 10.0 Å². The molecule has 2 heterocycles. The number of hydrogen-bond donors (Lipinski definition) is 2. The van der Waals surface area contributed by atoms with Gasteiger partial charge in [0.15, 0.2) is 0 Å². The van der Waals surface area contributed by atoms with E-state index in [1.54, 1.807) is 11.7 Å². The molecule has 0 aliphatic carbocycles. The molecule has 0 amide bonds. The van der Waals surface area contributed by atoms with Crippen molar-refractivity contribution in [3.05, 3.63) is 33.3 Å². The Bertz CT molecular complexity index is 689. The second kappa shape index (κ2) is 7.30. The number of thiazole rings is 1. The maximum atomic E-state index is 12.4. The molecule has 0 radical (unpaired) electrons. The van der Waals surface area contributed by atoms with Crippen LogP contribution in [0.2, 0.25) is 0 Å². The van der Waals surface area contributed by atoms with E-state index in [1.165, 1.54) is 17.4 Å². The van der Waals surface area contributed by atoms with Crippen molar-refractivity contribution >= 4 is 43.1 Å². The van der Waals surface area contributed by atoms with Crippen LogP contribution >= 0.6 is 27.3 Å². The van der Waals surface area contributed by atoms with Crippen LogP contribution in [-0.4, -0.2) is 31.5 Å². The molecule has 0 fully saturated rings. The van der Waals surface area contributed by atoms with Crippen LogP contribution in [-0.2, 0) is 16.4 Å². The zero-order valence-corrected chi connectivity index (χ0v) is 14.6. The Balaban J connectivity index is 2.12. The van der Waals surface area contributed by atoms with Crippen molar-refractivity contribution < 1.29 is 8.42 Å². The van der Waals surface area contributed by atoms with E-state index in [0.29, 0.717) is 29.8 Å². The monoisotopic (exact) mass is 390 g/mol. The summed E-state index contributed by atoms with van der Waals surface area (Å²) in [6.45, 7) is 2.77. The lowest BCUT2D eigenvalue weighted by molar-refractivity contribution is 0.581. The fraction of sp³-hybridized carbons (Fsp3) is 0.333. The molecule has 0 spiro atoms. The molecule has 2 aromatic heterocycles. The van der Waals surface area contributed by atoms with Gasteiger partial charge < -0.3 is 5.32 Å². The van der Waals surface area contributed by atoms with Gasteiger partial charge in [0.1, 0.15) is 10.7 Å². The number of aromatic nitrogens is 2. The summed E-state index contributed by atoms with van der Waals surface area (Å²) in [6.07, 6.45) is 2.12. The molecule has 0 saturated heterocycles. The molecule has 2 rings (SSSR count). The lowest BCUT2D eigenvalue weighted by atomic mass is 10.3. The number of hydrogen-bond acceptors (Lipinski definition) is 6. The van der Waals surface area contributed by atoms with Gasteiger partial charge in [-0.05, 0) is 28.9 Å². The van der Waals surface area contributed by atoms with Gasteiger partial charge >= 0.3 is 0 Å². The lowest BCUT2D eigenvalue weighted by Gasteiger charge is -2.11. The van der Waals surface area contributed by atoms with Crippen LogP contribution in [0.25, 0.3) is 0 Å². The summed E-state index contributed by atoms with van der Waals surface area (Å²) in [5.41, 5.74) is 2.60. The maximum absolute atomic E-state index is 12.4. The molecule has 2 aromatic rings. The molecule has 114 valence electrons. The second-order valence-electron chi connectivity index (χ2n) is 4.16. The third-order valence-electron chi connectivity index (χ3n) is 2.61. The summed E-state index contributed by atoms with van der Waals surface area (Å²) < 4.78 is 27.9. The Morgan fingerprint density at radius 3 is 2.86 bits per heavy atom. The Hall–Kier alpha value is -1.03. The van der Waals surface area contributed by atoms with Crippen molar-refractivity contribution in [1.82, 2.24) is 14.7 Å². The van der Waals surface area contributed by atoms with Crippen LogP contribution in [0.15, 0.2) is 32.5 Å². The molecule has 21 heavy (non-hydrogen) atoms. The predicted octanol–water partition coefficient (Wildman–Crippen LogP) is 2.25. The van der Waals surface area contributed by atoms with Crippen LogP contribution in [0.3, 0.4) is 0 Å². The van der Waals surface area contributed by atoms with Gasteiger partial charge in [0.05, 0.1) is 11.2 Å². The number of halogens is 1. The van der Waals surface area contributed by atoms with Crippen LogP contribution in [0.4, 0.5) is 5.82 Å². The highest BCUT2D eigenvalue weighted by atomic mass is 79.9. The fourth-order valence-electron chi connectivity index (χ4n) is 1.68. The number of rotatable bonds is 7. The Kier molecular flexibility index (Phi) is 5.68. The van der Waals surface area contributed by atoms with Crippen LogP contribution in [0.1, 0.15) is 12.6 Å². The minimum Gasteiger partial charge on any atom is -0.369 e. The lowest BCUT2D eigenvalue weighted by Crippen LogP contribution is -2.27. The van der Waals surface area contributed by atoms with E-state index < -0.39 is 10.0 Å². The molecule has 9 heteroatoms. The summed E-state index contributed by atoms with van der Waals surface area (Å²) in [7, 11) is -3.62. The van der Waals surface area contributed by atoms with Crippen molar-refractivity contribution in [3.63, 3.8) is 0 Å². The van der Waals surface area contributed by atoms with Crippen molar-refractivity contribution in [2.45, 2.75) is 18.2 Å². The Morgan fingerprint density at radius 2 is 2.19 bits per heavy atom. The zero-order chi connectivity index (χ0) is 15.3. The number of nitrogens with zero attached hydrogens (tertiary/aromatic N) is 2. The zero-order valence-electron chi connectivity index (χ0n) is 11.3. The third kappa shape index (κ3) is 4.47. The highest BCUT2D eigenvalue weighted by Gasteiger charge is 2.19. The van der Waals surface area contributed by atoms with E-state index in [-0.39, 0.29) is 4.90 Å². The van der Waals surface area contributed by atoms with E-state index in [1.807, 2.05) is 12.3 Å². The van der Waals surface area contributed by atoms with E-state index in [4.69, 9.17) is 0 Å². The molecule has 0 unspecified atom stereocenters. The summed E-state index contributed by atoms with van der Waals surface area (Å²) in [5, 5.41) is 4.85. The molecule has 0 aromatic carbocycles. The summed E-state index contributed by atoms with van der Waals surface area (Å²) in [5.74, 6) is 0.349. The number of anilines is 1. The molecule has 0 aliphatic heterocycles. The normalized spacial score (nSPS) is 11.5. The summed E-state index contributed by atoms with van der Waals surface area (Å²) in [4.78, 5) is 8.36. The van der Waals surface area contributed by atoms with E-state index in [2.05, 4.69) is 35.9 Å². The van der Waals surface area contributed by atoms with Gasteiger partial charge in [-0.25, -0.2) is 23.1 Å². The number of pyridine rings is 1. The molecule has 2 N–H and O–H groups in total. The fourth-order valence-corrected chi connectivity index (χ4v) is 3.94. The third-order valence-corrected chi connectivity index (χ3v) is 5.15. The van der Waals surface area contributed by atoms with E-state index >= 15 is 0 Å². The standard InChI is InChI=1S/C12H15BrN4O2S2/c1-2-14-12-11(5-9(13)6-15-12)21(18,19)17-4-3-10-7-20-8-16-10/h5-8,17H,2-4H2,1H3,(H,14,15). The summed E-state index contributed by atoms with van der Waals surface area (Å²) in [6, 6.07) is 1.54. The molecule has 0 saturated carbocycles. The summed E-state index contributed by atoms with van der Waals surface area (Å²) >= 11 is 4.74. The van der Waals surface area contributed by atoms with E-state index in [0.717, 1.165) is 5.69 Å². The smallest absolute Gasteiger partial charge is 0.244 e. The van der Waals surface area contributed by atoms with Gasteiger partial charge in [0, 0.05) is 35.6 Å². The number of sulfonamides is 1. The van der Waals surface area contributed by atoms with Crippen molar-refractivity contribution in [1.29, 1.82) is 0 Å². The molecular formula is C12H15BrN4O2S2. The van der Waals surface area contributed by atoms with Gasteiger partial charge in [-0.3, -0.25) is 0 Å². The van der Waals surface area contributed by atoms with Crippen molar-refractivity contribution in [2.24, 2.45) is 0 Å². The predicted molar refractivity (Wildman–Crippen MR) is 87.1 cm³/mol. The first kappa shape index (κ1) is 16.3. The van der Waals surface area contributed by atoms with Gasteiger partial charge in [-0.2, -0.15) is 0 Å². The minimum absolute atomic E-state index is 0.136. The average molecular weight is 391 g/mol. The SMILES string of the molecule is CCNc1ncc(Br)cc1S(=O)(=O)NCCc1cscn1. The highest BCUT2D eigenvalue weighted by molar-refractivity contribution is 9.10. The first-order chi connectivity index (χ1) is 10.0. The van der Waals surface area contributed by atoms with Gasteiger partial charge in [0.25, 0.3) is 0 Å². The Labute approximate surface area is 136 Å². The molecule has 0 aliphatic rings. The van der Waals surface area contributed by atoms with Crippen LogP contribution in [0.5, 0.6) is 0 Å². The maximum Gasteiger partial charge on any atom is 0.244 e. The first-order valence-corrected chi connectivity index (χ1v) is 9.51. The molecule has 6 nitrogen and oxygen atoms in total. The van der Waals surface area contributed by atoms with Crippen molar-refractivity contribution in [2.75, 3.05) is 18.4 Å². The van der Waals surface area contributed by atoms with E-state index in [9.17, 15) is 8.42 Å². The number of nitrogens with one attached hydrogen (secondary N) is 2. The highest BCUT2D eigenvalue weighted by Crippen LogP contribution is 2.22. The molecule has 0 atom stereocenters. The molecular weight excluding hydrogens is 376 g/mol. The molecule has 0 bridgehead atoms.